The monoisotopic (exact) mass is 476 g/mol. The third-order valence-electron chi connectivity index (χ3n) is 6.53. The molecule has 3 aromatic heterocycles. The summed E-state index contributed by atoms with van der Waals surface area (Å²) in [6, 6.07) is 7.43. The van der Waals surface area contributed by atoms with Crippen molar-refractivity contribution in [1.29, 1.82) is 0 Å². The van der Waals surface area contributed by atoms with Gasteiger partial charge in [-0.25, -0.2) is 15.0 Å². The Bertz CT molecular complexity index is 1300. The van der Waals surface area contributed by atoms with Crippen molar-refractivity contribution in [2.45, 2.75) is 51.0 Å². The van der Waals surface area contributed by atoms with Crippen molar-refractivity contribution in [1.82, 2.24) is 19.4 Å². The fourth-order valence-electron chi connectivity index (χ4n) is 4.61. The van der Waals surface area contributed by atoms with Gasteiger partial charge in [-0.3, -0.25) is 14.5 Å². The molecule has 0 radical (unpaired) electrons. The second-order valence-corrected chi connectivity index (χ2v) is 9.69. The largest absolute Gasteiger partial charge is 0.382 e. The quantitative estimate of drug-likeness (QED) is 0.409. The Balaban J connectivity index is 1.43. The number of methoxy groups -OCH3 is 1. The number of hydrogen-bond acceptors (Lipinski definition) is 7. The molecule has 0 aliphatic heterocycles. The average Bonchev–Trinajstić information content (AvgIpc) is 3.49. The van der Waals surface area contributed by atoms with Gasteiger partial charge in [0.05, 0.1) is 6.10 Å². The fourth-order valence-corrected chi connectivity index (χ4v) is 5.36. The molecule has 8 nitrogen and oxygen atoms in total. The molecule has 9 heteroatoms. The van der Waals surface area contributed by atoms with Crippen molar-refractivity contribution >= 4 is 33.7 Å². The lowest BCUT2D eigenvalue weighted by Gasteiger charge is -2.26. The lowest BCUT2D eigenvalue weighted by atomic mass is 9.87. The molecule has 0 spiro atoms. The van der Waals surface area contributed by atoms with Crippen LogP contribution < -0.4 is 11.1 Å². The second kappa shape index (κ2) is 9.52. The number of imidazole rings is 1. The van der Waals surface area contributed by atoms with Crippen molar-refractivity contribution in [3.8, 4) is 11.3 Å². The van der Waals surface area contributed by atoms with Gasteiger partial charge in [0, 0.05) is 47.6 Å². The number of hydrogen-bond donors (Lipinski definition) is 2. The molecule has 34 heavy (non-hydrogen) atoms. The predicted molar refractivity (Wildman–Crippen MR) is 134 cm³/mol. The number of aromatic nitrogens is 4. The average molecular weight is 477 g/mol. The summed E-state index contributed by atoms with van der Waals surface area (Å²) >= 11 is 1.49. The Kier molecular flexibility index (Phi) is 6.30. The van der Waals surface area contributed by atoms with Gasteiger partial charge in [0.2, 0.25) is 0 Å². The number of fused-ring (bicyclic) bond motifs is 1. The van der Waals surface area contributed by atoms with Crippen LogP contribution in [0.15, 0.2) is 42.9 Å². The number of ether oxygens (including phenoxy) is 1. The minimum Gasteiger partial charge on any atom is -0.382 e. The number of nitrogens with one attached hydrogen (secondary N) is 1. The molecule has 0 atom stereocenters. The lowest BCUT2D eigenvalue weighted by Crippen LogP contribution is -2.20. The summed E-state index contributed by atoms with van der Waals surface area (Å²) < 4.78 is 7.61. The van der Waals surface area contributed by atoms with E-state index in [1.165, 1.54) is 11.3 Å². The summed E-state index contributed by atoms with van der Waals surface area (Å²) in [5.41, 5.74) is 9.34. The van der Waals surface area contributed by atoms with Gasteiger partial charge in [-0.2, -0.15) is 0 Å². The number of benzene rings is 1. The van der Waals surface area contributed by atoms with Crippen LogP contribution in [0.2, 0.25) is 0 Å². The van der Waals surface area contributed by atoms with Crippen LogP contribution in [0.5, 0.6) is 0 Å². The number of rotatable bonds is 6. The summed E-state index contributed by atoms with van der Waals surface area (Å²) in [7, 11) is 1.78. The molecule has 4 aromatic rings. The van der Waals surface area contributed by atoms with Gasteiger partial charge in [-0.15, -0.1) is 11.3 Å². The molecule has 1 aliphatic carbocycles. The number of nitrogens with zero attached hydrogens (tertiary/aromatic N) is 4. The van der Waals surface area contributed by atoms with Gasteiger partial charge in [0.25, 0.3) is 5.91 Å². The smallest absolute Gasteiger partial charge is 0.257 e. The van der Waals surface area contributed by atoms with Gasteiger partial charge in [0.15, 0.2) is 5.13 Å². The number of nitrogen functional groups attached to an aromatic ring is 1. The summed E-state index contributed by atoms with van der Waals surface area (Å²) in [6.45, 7) is 2.07. The highest BCUT2D eigenvalue weighted by Gasteiger charge is 2.27. The molecule has 176 valence electrons. The van der Waals surface area contributed by atoms with E-state index in [9.17, 15) is 4.79 Å². The molecule has 3 N–H and O–H groups in total. The van der Waals surface area contributed by atoms with Crippen molar-refractivity contribution in [3.63, 3.8) is 0 Å². The maximum Gasteiger partial charge on any atom is 0.257 e. The number of carbonyl (C=O) groups excluding carboxylic acids is 1. The SMILES string of the molecule is CCc1cnc(NC(=O)c2ccc(-c3nc([C@H]4CC[C@@H](OC)CC4)n4ccnc(N)c34)cc2)s1. The number of aryl methyl sites for hydroxylation is 1. The van der Waals surface area contributed by atoms with Gasteiger partial charge in [0.1, 0.15) is 22.9 Å². The van der Waals surface area contributed by atoms with Crippen LogP contribution in [0, 0.1) is 0 Å². The summed E-state index contributed by atoms with van der Waals surface area (Å²) in [4.78, 5) is 27.4. The standard InChI is InChI=1S/C25H28N6O2S/c1-3-19-14-28-25(34-19)30-24(32)17-6-4-15(5-7-17)20-21-22(26)27-12-13-31(21)23(29-20)16-8-10-18(33-2)11-9-16/h4-7,12-14,16,18H,3,8-11H2,1-2H3,(H2,26,27)(H,28,30,32)/t16-,18+. The minimum atomic E-state index is -0.185. The molecule has 1 aromatic carbocycles. The molecule has 3 heterocycles. The van der Waals surface area contributed by atoms with Crippen LogP contribution in [0.1, 0.15) is 59.6 Å². The molecule has 1 amide bonds. The van der Waals surface area contributed by atoms with E-state index in [0.717, 1.165) is 59.6 Å². The first-order valence-electron chi connectivity index (χ1n) is 11.6. The third-order valence-corrected chi connectivity index (χ3v) is 7.58. The first kappa shape index (κ1) is 22.5. The Hall–Kier alpha value is -3.30. The van der Waals surface area contributed by atoms with E-state index in [1.807, 2.05) is 18.3 Å². The second-order valence-electron chi connectivity index (χ2n) is 8.58. The molecule has 5 rings (SSSR count). The van der Waals surface area contributed by atoms with Crippen LogP contribution in [0.4, 0.5) is 10.9 Å². The molecular formula is C25H28N6O2S. The normalized spacial score (nSPS) is 18.3. The summed E-state index contributed by atoms with van der Waals surface area (Å²) in [5.74, 6) is 1.60. The molecular weight excluding hydrogens is 448 g/mol. The van der Waals surface area contributed by atoms with Crippen LogP contribution in [-0.4, -0.2) is 38.5 Å². The lowest BCUT2D eigenvalue weighted by molar-refractivity contribution is 0.0650. The highest BCUT2D eigenvalue weighted by molar-refractivity contribution is 7.15. The van der Waals surface area contributed by atoms with Crippen LogP contribution in [0.3, 0.4) is 0 Å². The highest BCUT2D eigenvalue weighted by Crippen LogP contribution is 2.37. The molecule has 0 saturated heterocycles. The maximum atomic E-state index is 12.7. The van der Waals surface area contributed by atoms with Gasteiger partial charge < -0.3 is 10.5 Å². The van der Waals surface area contributed by atoms with Gasteiger partial charge >= 0.3 is 0 Å². The van der Waals surface area contributed by atoms with Crippen molar-refractivity contribution in [2.24, 2.45) is 0 Å². The molecule has 1 aliphatic rings. The number of nitrogens with two attached hydrogens (primary N) is 1. The van der Waals surface area contributed by atoms with E-state index in [2.05, 4.69) is 26.6 Å². The van der Waals surface area contributed by atoms with Gasteiger partial charge in [-0.05, 0) is 44.2 Å². The zero-order valence-corrected chi connectivity index (χ0v) is 20.1. The zero-order chi connectivity index (χ0) is 23.7. The van der Waals surface area contributed by atoms with E-state index in [4.69, 9.17) is 15.5 Å². The molecule has 0 unspecified atom stereocenters. The number of carbonyl (C=O) groups is 1. The number of thiazole rings is 1. The van der Waals surface area contributed by atoms with Gasteiger partial charge in [-0.1, -0.05) is 19.1 Å². The van der Waals surface area contributed by atoms with E-state index in [-0.39, 0.29) is 5.91 Å². The van der Waals surface area contributed by atoms with E-state index in [1.54, 1.807) is 31.6 Å². The highest BCUT2D eigenvalue weighted by atomic mass is 32.1. The van der Waals surface area contributed by atoms with Crippen LogP contribution >= 0.6 is 11.3 Å². The van der Waals surface area contributed by atoms with E-state index < -0.39 is 0 Å². The molecule has 0 bridgehead atoms. The summed E-state index contributed by atoms with van der Waals surface area (Å²) in [6.07, 6.45) is 10.8. The first-order valence-corrected chi connectivity index (χ1v) is 12.4. The van der Waals surface area contributed by atoms with Crippen molar-refractivity contribution in [2.75, 3.05) is 18.2 Å². The topological polar surface area (TPSA) is 107 Å². The number of anilines is 2. The summed E-state index contributed by atoms with van der Waals surface area (Å²) in [5, 5.41) is 3.48. The Morgan fingerprint density at radius 2 is 1.97 bits per heavy atom. The Labute approximate surface area is 202 Å². The Morgan fingerprint density at radius 3 is 2.65 bits per heavy atom. The zero-order valence-electron chi connectivity index (χ0n) is 19.3. The fraction of sp³-hybridized carbons (Fsp3) is 0.360. The Morgan fingerprint density at radius 1 is 1.21 bits per heavy atom. The van der Waals surface area contributed by atoms with E-state index in [0.29, 0.717) is 28.5 Å². The molecule has 1 fully saturated rings. The molecule has 1 saturated carbocycles. The van der Waals surface area contributed by atoms with Crippen LogP contribution in [-0.2, 0) is 11.2 Å². The third kappa shape index (κ3) is 4.28. The van der Waals surface area contributed by atoms with Crippen LogP contribution in [0.25, 0.3) is 16.8 Å². The minimum absolute atomic E-state index is 0.185. The maximum absolute atomic E-state index is 12.7. The van der Waals surface area contributed by atoms with E-state index >= 15 is 0 Å². The van der Waals surface area contributed by atoms with Crippen molar-refractivity contribution in [3.05, 3.63) is 59.1 Å². The van der Waals surface area contributed by atoms with Crippen molar-refractivity contribution < 1.29 is 9.53 Å². The first-order chi connectivity index (χ1) is 16.6. The predicted octanol–water partition coefficient (Wildman–Crippen LogP) is 4.92. The number of amides is 1.